The molecule has 4 rings (SSSR count). The number of unbranched alkanes of at least 4 members (excludes halogenated alkanes) is 1. The van der Waals surface area contributed by atoms with Gasteiger partial charge in [0.15, 0.2) is 0 Å². The predicted molar refractivity (Wildman–Crippen MR) is 155 cm³/mol. The van der Waals surface area contributed by atoms with Crippen molar-refractivity contribution >= 4 is 63.0 Å². The number of fused-ring (bicyclic) bond motifs is 1. The van der Waals surface area contributed by atoms with E-state index in [1.807, 2.05) is 56.3 Å². The average Bonchev–Trinajstić information content (AvgIpc) is 3.30. The number of para-hydroxylation sites is 1. The number of hydrogen-bond donors (Lipinski definition) is 1. The van der Waals surface area contributed by atoms with E-state index in [1.165, 1.54) is 16.7 Å². The minimum atomic E-state index is -0.351. The van der Waals surface area contributed by atoms with Gasteiger partial charge in [-0.05, 0) is 49.4 Å². The molecule has 0 radical (unpaired) electrons. The van der Waals surface area contributed by atoms with Gasteiger partial charge in [-0.2, -0.15) is 0 Å². The van der Waals surface area contributed by atoms with Gasteiger partial charge in [-0.25, -0.2) is 0 Å². The molecule has 1 N–H and O–H groups in total. The molecule has 0 aromatic heterocycles. The Kier molecular flexibility index (Phi) is 8.49. The molecule has 0 unspecified atom stereocenters. The maximum absolute atomic E-state index is 13.7. The Morgan fingerprint density at radius 3 is 2.54 bits per heavy atom. The Morgan fingerprint density at radius 1 is 1.05 bits per heavy atom. The molecular weight excluding hydrogens is 502 g/mol. The Hall–Kier alpha value is -2.97. The fraction of sp³-hybridized carbons (Fsp3) is 0.379. The van der Waals surface area contributed by atoms with Crippen LogP contribution in [0.3, 0.4) is 0 Å². The van der Waals surface area contributed by atoms with Crippen LogP contribution in [0.25, 0.3) is 5.57 Å². The van der Waals surface area contributed by atoms with Gasteiger partial charge in [-0.3, -0.25) is 24.2 Å². The molecule has 2 aliphatic heterocycles. The SMILES string of the molecule is CCCC[C@H](CC)CN1C(=O)/C(=C2/C(=O)N(CC(=O)Nc3cc(C)ccc3C)c3ccccc32)SC1=S. The van der Waals surface area contributed by atoms with Crippen LogP contribution in [0.2, 0.25) is 0 Å². The van der Waals surface area contributed by atoms with E-state index in [0.717, 1.165) is 42.5 Å². The first-order valence-corrected chi connectivity index (χ1v) is 14.0. The topological polar surface area (TPSA) is 69.7 Å². The molecule has 194 valence electrons. The largest absolute Gasteiger partial charge is 0.324 e. The van der Waals surface area contributed by atoms with Crippen molar-refractivity contribution in [1.82, 2.24) is 4.90 Å². The van der Waals surface area contributed by atoms with Crippen LogP contribution in [-0.2, 0) is 14.4 Å². The summed E-state index contributed by atoms with van der Waals surface area (Å²) in [5, 5.41) is 2.93. The minimum absolute atomic E-state index is 0.151. The molecule has 37 heavy (non-hydrogen) atoms. The molecule has 1 fully saturated rings. The number of thiocarbonyl (C=S) groups is 1. The fourth-order valence-electron chi connectivity index (χ4n) is 4.74. The van der Waals surface area contributed by atoms with Crippen LogP contribution >= 0.6 is 24.0 Å². The van der Waals surface area contributed by atoms with Crippen LogP contribution < -0.4 is 10.2 Å². The molecule has 1 saturated heterocycles. The monoisotopic (exact) mass is 535 g/mol. The fourth-order valence-corrected chi connectivity index (χ4v) is 6.09. The summed E-state index contributed by atoms with van der Waals surface area (Å²) in [5.41, 5.74) is 4.31. The van der Waals surface area contributed by atoms with Crippen LogP contribution in [0.15, 0.2) is 47.4 Å². The molecule has 3 amide bonds. The van der Waals surface area contributed by atoms with Crippen LogP contribution in [-0.4, -0.2) is 40.0 Å². The summed E-state index contributed by atoms with van der Waals surface area (Å²) in [4.78, 5) is 43.7. The number of anilines is 2. The van der Waals surface area contributed by atoms with Gasteiger partial charge in [-0.15, -0.1) is 0 Å². The number of nitrogens with zero attached hydrogens (tertiary/aromatic N) is 2. The maximum Gasteiger partial charge on any atom is 0.267 e. The number of benzene rings is 2. The summed E-state index contributed by atoms with van der Waals surface area (Å²) < 4.78 is 0.485. The van der Waals surface area contributed by atoms with E-state index in [9.17, 15) is 14.4 Å². The first kappa shape index (κ1) is 27.1. The van der Waals surface area contributed by atoms with Gasteiger partial charge in [0.2, 0.25) is 5.91 Å². The summed E-state index contributed by atoms with van der Waals surface area (Å²) in [7, 11) is 0. The Balaban J connectivity index is 1.60. The number of carbonyl (C=O) groups is 3. The molecule has 2 aromatic rings. The normalized spacial score (nSPS) is 18.0. The highest BCUT2D eigenvalue weighted by molar-refractivity contribution is 8.26. The molecule has 0 bridgehead atoms. The molecule has 2 aromatic carbocycles. The molecule has 2 heterocycles. The van der Waals surface area contributed by atoms with E-state index in [1.54, 1.807) is 4.90 Å². The van der Waals surface area contributed by atoms with Crippen molar-refractivity contribution in [2.45, 2.75) is 53.4 Å². The van der Waals surface area contributed by atoms with Crippen molar-refractivity contribution in [3.05, 3.63) is 64.1 Å². The number of hydrogen-bond acceptors (Lipinski definition) is 5. The number of carbonyl (C=O) groups excluding carboxylic acids is 3. The second-order valence-electron chi connectivity index (χ2n) is 9.68. The third kappa shape index (κ3) is 5.65. The second kappa shape index (κ2) is 11.6. The van der Waals surface area contributed by atoms with E-state index in [0.29, 0.717) is 38.5 Å². The molecule has 1 atom stereocenters. The highest BCUT2D eigenvalue weighted by atomic mass is 32.2. The summed E-state index contributed by atoms with van der Waals surface area (Å²) in [6, 6.07) is 13.2. The molecule has 6 nitrogen and oxygen atoms in total. The van der Waals surface area contributed by atoms with E-state index >= 15 is 0 Å². The van der Waals surface area contributed by atoms with Crippen molar-refractivity contribution in [2.24, 2.45) is 5.92 Å². The molecule has 0 saturated carbocycles. The lowest BCUT2D eigenvalue weighted by molar-refractivity contribution is -0.123. The molecule has 8 heteroatoms. The zero-order chi connectivity index (χ0) is 26.7. The second-order valence-corrected chi connectivity index (χ2v) is 11.3. The molecular formula is C29H33N3O3S2. The van der Waals surface area contributed by atoms with Gasteiger partial charge >= 0.3 is 0 Å². The first-order valence-electron chi connectivity index (χ1n) is 12.8. The van der Waals surface area contributed by atoms with Crippen LogP contribution in [0.1, 0.15) is 56.2 Å². The van der Waals surface area contributed by atoms with Gasteiger partial charge in [0.25, 0.3) is 11.8 Å². The Bertz CT molecular complexity index is 1290. The number of thioether (sulfide) groups is 1. The van der Waals surface area contributed by atoms with Crippen molar-refractivity contribution in [3.8, 4) is 0 Å². The van der Waals surface area contributed by atoms with Crippen LogP contribution in [0.5, 0.6) is 0 Å². The lowest BCUT2D eigenvalue weighted by Gasteiger charge is -2.21. The Labute approximate surface area is 228 Å². The smallest absolute Gasteiger partial charge is 0.267 e. The predicted octanol–water partition coefficient (Wildman–Crippen LogP) is 6.08. The van der Waals surface area contributed by atoms with Crippen molar-refractivity contribution in [2.75, 3.05) is 23.3 Å². The highest BCUT2D eigenvalue weighted by Gasteiger charge is 2.42. The summed E-state index contributed by atoms with van der Waals surface area (Å²) in [6.45, 7) is 8.60. The third-order valence-corrected chi connectivity index (χ3v) is 8.40. The van der Waals surface area contributed by atoms with Gasteiger partial charge < -0.3 is 5.32 Å². The van der Waals surface area contributed by atoms with E-state index in [-0.39, 0.29) is 24.3 Å². The quantitative estimate of drug-likeness (QED) is 0.311. The van der Waals surface area contributed by atoms with Gasteiger partial charge in [-0.1, -0.05) is 87.4 Å². The average molecular weight is 536 g/mol. The summed E-state index contributed by atoms with van der Waals surface area (Å²) in [6.07, 6.45) is 4.23. The number of rotatable bonds is 9. The standard InChI is InChI=1S/C29H33N3O3S2/c1-5-7-10-20(6-2)16-32-28(35)26(37-29(32)36)25-21-11-8-9-12-23(21)31(27(25)34)17-24(33)30-22-15-18(3)13-14-19(22)4/h8-9,11-15,20H,5-7,10,16-17H2,1-4H3,(H,30,33)/b26-25-/t20-/m0/s1. The minimum Gasteiger partial charge on any atom is -0.324 e. The van der Waals surface area contributed by atoms with Crippen LogP contribution in [0.4, 0.5) is 11.4 Å². The first-order chi connectivity index (χ1) is 17.7. The van der Waals surface area contributed by atoms with Gasteiger partial charge in [0.1, 0.15) is 10.9 Å². The molecule has 2 aliphatic rings. The van der Waals surface area contributed by atoms with Crippen molar-refractivity contribution < 1.29 is 14.4 Å². The van der Waals surface area contributed by atoms with E-state index < -0.39 is 0 Å². The van der Waals surface area contributed by atoms with Crippen molar-refractivity contribution in [1.29, 1.82) is 0 Å². The summed E-state index contributed by atoms with van der Waals surface area (Å²) in [5.74, 6) is -0.503. The van der Waals surface area contributed by atoms with E-state index in [4.69, 9.17) is 12.2 Å². The van der Waals surface area contributed by atoms with Gasteiger partial charge in [0, 0.05) is 17.8 Å². The van der Waals surface area contributed by atoms with E-state index in [2.05, 4.69) is 19.2 Å². The maximum atomic E-state index is 13.7. The number of nitrogens with one attached hydrogen (secondary N) is 1. The zero-order valence-corrected chi connectivity index (χ0v) is 23.4. The third-order valence-electron chi connectivity index (χ3n) is 6.95. The van der Waals surface area contributed by atoms with Crippen LogP contribution in [0, 0.1) is 19.8 Å². The lowest BCUT2D eigenvalue weighted by atomic mass is 9.98. The molecule has 0 spiro atoms. The summed E-state index contributed by atoms with van der Waals surface area (Å²) >= 11 is 6.78. The molecule has 0 aliphatic carbocycles. The Morgan fingerprint density at radius 2 is 1.81 bits per heavy atom. The number of amides is 3. The lowest BCUT2D eigenvalue weighted by Crippen LogP contribution is -2.36. The zero-order valence-electron chi connectivity index (χ0n) is 21.8. The van der Waals surface area contributed by atoms with Crippen molar-refractivity contribution in [3.63, 3.8) is 0 Å². The van der Waals surface area contributed by atoms with Gasteiger partial charge in [0.05, 0.1) is 16.2 Å². The number of aryl methyl sites for hydroxylation is 2. The highest BCUT2D eigenvalue weighted by Crippen LogP contribution is 2.44.